The number of pyridine rings is 1. The minimum absolute atomic E-state index is 0.314. The first-order valence-corrected chi connectivity index (χ1v) is 5.41. The molecule has 0 saturated carbocycles. The van der Waals surface area contributed by atoms with Crippen LogP contribution in [0.25, 0.3) is 0 Å². The molecule has 0 bridgehead atoms. The van der Waals surface area contributed by atoms with Crippen LogP contribution in [0.4, 0.5) is 11.5 Å². The number of carboxylic acids is 1. The molecular weight excluding hydrogens is 286 g/mol. The largest absolute Gasteiger partial charge is 0.478 e. The molecule has 0 radical (unpaired) electrons. The Hall–Kier alpha value is -3.24. The average Bonchev–Trinajstić information content (AvgIpc) is 2.35. The fourth-order valence-electron chi connectivity index (χ4n) is 1.54. The fourth-order valence-corrected chi connectivity index (χ4v) is 1.54. The first-order valence-electron chi connectivity index (χ1n) is 5.41. The zero-order valence-corrected chi connectivity index (χ0v) is 10.6. The van der Waals surface area contributed by atoms with Crippen molar-refractivity contribution in [1.29, 1.82) is 0 Å². The number of carbonyl (C=O) groups excluding carboxylic acids is 2. The molecule has 0 aliphatic rings. The van der Waals surface area contributed by atoms with Gasteiger partial charge in [-0.1, -0.05) is 0 Å². The molecule has 11 heteroatoms. The van der Waals surface area contributed by atoms with E-state index in [1.54, 1.807) is 0 Å². The third-order valence-electron chi connectivity index (χ3n) is 2.29. The Balaban J connectivity index is 3.35. The van der Waals surface area contributed by atoms with Gasteiger partial charge in [0.05, 0.1) is 18.0 Å². The summed E-state index contributed by atoms with van der Waals surface area (Å²) >= 11 is 0. The molecule has 0 aromatic carbocycles. The molecule has 0 atom stereocenters. The lowest BCUT2D eigenvalue weighted by molar-refractivity contribution is -0.385. The highest BCUT2D eigenvalue weighted by Crippen LogP contribution is 2.22. The van der Waals surface area contributed by atoms with E-state index in [2.05, 4.69) is 4.98 Å². The standard InChI is InChI=1S/C10H11N5O6/c11-7(16)3-14(4-8(12)17)9-6(10(18)19)1-5(2-13-9)15(20)21/h1-2H,3-4H2,(H2,11,16)(H2,12,17)(H,18,19). The molecule has 21 heavy (non-hydrogen) atoms. The van der Waals surface area contributed by atoms with Crippen LogP contribution < -0.4 is 16.4 Å². The second-order valence-corrected chi connectivity index (χ2v) is 3.92. The van der Waals surface area contributed by atoms with Gasteiger partial charge < -0.3 is 21.5 Å². The van der Waals surface area contributed by atoms with Gasteiger partial charge in [-0.2, -0.15) is 0 Å². The van der Waals surface area contributed by atoms with Crippen LogP contribution >= 0.6 is 0 Å². The summed E-state index contributed by atoms with van der Waals surface area (Å²) in [6.45, 7) is -1.04. The highest BCUT2D eigenvalue weighted by Gasteiger charge is 2.23. The molecule has 11 nitrogen and oxygen atoms in total. The lowest BCUT2D eigenvalue weighted by Gasteiger charge is -2.21. The molecule has 1 rings (SSSR count). The normalized spacial score (nSPS) is 9.90. The SMILES string of the molecule is NC(=O)CN(CC(N)=O)c1ncc([N+](=O)[O-])cc1C(=O)O. The number of carbonyl (C=O) groups is 3. The van der Waals surface area contributed by atoms with E-state index in [1.165, 1.54) is 0 Å². The van der Waals surface area contributed by atoms with Crippen LogP contribution in [0, 0.1) is 10.1 Å². The maximum absolute atomic E-state index is 11.2. The van der Waals surface area contributed by atoms with E-state index < -0.39 is 47.0 Å². The van der Waals surface area contributed by atoms with Gasteiger partial charge >= 0.3 is 5.97 Å². The number of anilines is 1. The van der Waals surface area contributed by atoms with Crippen LogP contribution in [0.2, 0.25) is 0 Å². The fraction of sp³-hybridized carbons (Fsp3) is 0.200. The number of nitrogens with two attached hydrogens (primary N) is 2. The molecular formula is C10H11N5O6. The number of amides is 2. The Morgan fingerprint density at radius 1 is 1.29 bits per heavy atom. The van der Waals surface area contributed by atoms with Gasteiger partial charge in [0.1, 0.15) is 17.6 Å². The van der Waals surface area contributed by atoms with E-state index in [1.807, 2.05) is 0 Å². The number of hydrogen-bond donors (Lipinski definition) is 3. The molecule has 0 aliphatic heterocycles. The Morgan fingerprint density at radius 2 is 1.81 bits per heavy atom. The Labute approximate surface area is 117 Å². The highest BCUT2D eigenvalue weighted by molar-refractivity contribution is 5.96. The van der Waals surface area contributed by atoms with Crippen LogP contribution in [-0.2, 0) is 9.59 Å². The first-order chi connectivity index (χ1) is 9.72. The van der Waals surface area contributed by atoms with Crippen molar-refractivity contribution in [3.8, 4) is 0 Å². The van der Waals surface area contributed by atoms with Gasteiger partial charge in [0.25, 0.3) is 5.69 Å². The minimum Gasteiger partial charge on any atom is -0.478 e. The molecule has 1 aromatic heterocycles. The van der Waals surface area contributed by atoms with Gasteiger partial charge in [-0.05, 0) is 0 Å². The van der Waals surface area contributed by atoms with Gasteiger partial charge in [-0.3, -0.25) is 19.7 Å². The van der Waals surface area contributed by atoms with Gasteiger partial charge in [0, 0.05) is 6.07 Å². The summed E-state index contributed by atoms with van der Waals surface area (Å²) < 4.78 is 0. The van der Waals surface area contributed by atoms with Crippen molar-refractivity contribution < 1.29 is 24.4 Å². The second-order valence-electron chi connectivity index (χ2n) is 3.92. The van der Waals surface area contributed by atoms with Crippen molar-refractivity contribution in [3.05, 3.63) is 27.9 Å². The van der Waals surface area contributed by atoms with Gasteiger partial charge in [-0.15, -0.1) is 0 Å². The summed E-state index contributed by atoms with van der Waals surface area (Å²) in [5.41, 5.74) is 8.89. The van der Waals surface area contributed by atoms with E-state index in [0.717, 1.165) is 17.2 Å². The summed E-state index contributed by atoms with van der Waals surface area (Å²) in [7, 11) is 0. The molecule has 0 saturated heterocycles. The number of nitro groups is 1. The lowest BCUT2D eigenvalue weighted by Crippen LogP contribution is -2.40. The summed E-state index contributed by atoms with van der Waals surface area (Å²) in [4.78, 5) is 47.4. The molecule has 2 amide bonds. The number of aromatic nitrogens is 1. The van der Waals surface area contributed by atoms with E-state index in [0.29, 0.717) is 0 Å². The first kappa shape index (κ1) is 15.8. The Morgan fingerprint density at radius 3 is 2.19 bits per heavy atom. The zero-order chi connectivity index (χ0) is 16.2. The Kier molecular flexibility index (Phi) is 4.72. The van der Waals surface area contributed by atoms with Gasteiger partial charge in [0.15, 0.2) is 0 Å². The van der Waals surface area contributed by atoms with E-state index in [4.69, 9.17) is 16.6 Å². The molecule has 1 heterocycles. The minimum atomic E-state index is -1.51. The van der Waals surface area contributed by atoms with Crippen LogP contribution in [0.15, 0.2) is 12.3 Å². The maximum atomic E-state index is 11.2. The smallest absolute Gasteiger partial charge is 0.339 e. The molecule has 0 aliphatic carbocycles. The molecule has 5 N–H and O–H groups in total. The summed E-state index contributed by atoms with van der Waals surface area (Å²) in [6.07, 6.45) is 0.802. The zero-order valence-electron chi connectivity index (χ0n) is 10.6. The highest BCUT2D eigenvalue weighted by atomic mass is 16.6. The predicted molar refractivity (Wildman–Crippen MR) is 68.5 cm³/mol. The number of nitrogens with zero attached hydrogens (tertiary/aromatic N) is 3. The van der Waals surface area contributed by atoms with Crippen LogP contribution in [0.1, 0.15) is 10.4 Å². The maximum Gasteiger partial charge on any atom is 0.339 e. The number of hydrogen-bond acceptors (Lipinski definition) is 7. The third kappa shape index (κ3) is 4.12. The monoisotopic (exact) mass is 297 g/mol. The topological polar surface area (TPSA) is 183 Å². The average molecular weight is 297 g/mol. The van der Waals surface area contributed by atoms with Crippen molar-refractivity contribution in [2.75, 3.05) is 18.0 Å². The number of rotatable bonds is 7. The summed E-state index contributed by atoms with van der Waals surface area (Å²) in [5, 5.41) is 19.7. The van der Waals surface area contributed by atoms with Crippen LogP contribution in [0.5, 0.6) is 0 Å². The van der Waals surface area contributed by atoms with Crippen molar-refractivity contribution in [2.24, 2.45) is 11.5 Å². The number of carboxylic acid groups (broad SMARTS) is 1. The van der Waals surface area contributed by atoms with Crippen LogP contribution in [-0.4, -0.2) is 45.9 Å². The number of aromatic carboxylic acids is 1. The van der Waals surface area contributed by atoms with Crippen molar-refractivity contribution >= 4 is 29.3 Å². The summed E-state index contributed by atoms with van der Waals surface area (Å²) in [6, 6.07) is 0.764. The molecule has 0 unspecified atom stereocenters. The molecule has 0 spiro atoms. The molecule has 0 fully saturated rings. The predicted octanol–water partition coefficient (Wildman–Crippen LogP) is -1.53. The second kappa shape index (κ2) is 6.27. The lowest BCUT2D eigenvalue weighted by atomic mass is 10.2. The molecule has 1 aromatic rings. The molecule has 112 valence electrons. The third-order valence-corrected chi connectivity index (χ3v) is 2.29. The van der Waals surface area contributed by atoms with E-state index in [-0.39, 0.29) is 5.82 Å². The van der Waals surface area contributed by atoms with Crippen molar-refractivity contribution in [2.45, 2.75) is 0 Å². The van der Waals surface area contributed by atoms with Gasteiger partial charge in [-0.25, -0.2) is 9.78 Å². The van der Waals surface area contributed by atoms with E-state index >= 15 is 0 Å². The van der Waals surface area contributed by atoms with Crippen molar-refractivity contribution in [3.63, 3.8) is 0 Å². The summed E-state index contributed by atoms with van der Waals surface area (Å²) in [5.74, 6) is -3.54. The quantitative estimate of drug-likeness (QED) is 0.399. The Bertz CT molecular complexity index is 600. The van der Waals surface area contributed by atoms with Crippen molar-refractivity contribution in [1.82, 2.24) is 4.98 Å². The van der Waals surface area contributed by atoms with Crippen LogP contribution in [0.3, 0.4) is 0 Å². The number of primary amides is 2. The van der Waals surface area contributed by atoms with E-state index in [9.17, 15) is 24.5 Å². The van der Waals surface area contributed by atoms with Gasteiger partial charge in [0.2, 0.25) is 11.8 Å².